The van der Waals surface area contributed by atoms with Gasteiger partial charge in [-0.3, -0.25) is 4.79 Å². The maximum absolute atomic E-state index is 12.4. The van der Waals surface area contributed by atoms with Crippen LogP contribution in [0, 0.1) is 0 Å². The molecular weight excluding hydrogens is 265 g/mol. The van der Waals surface area contributed by atoms with Crippen LogP contribution in [0.4, 0.5) is 19.0 Å². The second-order valence-corrected chi connectivity index (χ2v) is 3.74. The number of alkyl halides is 3. The number of aromatic nitrogens is 1. The first kappa shape index (κ1) is 15.2. The molecule has 1 unspecified atom stereocenters. The molecule has 0 aliphatic carbocycles. The molecule has 0 aliphatic rings. The third-order valence-electron chi connectivity index (χ3n) is 2.29. The van der Waals surface area contributed by atoms with Crippen molar-refractivity contribution in [1.29, 1.82) is 0 Å². The zero-order valence-corrected chi connectivity index (χ0v) is 10.1. The summed E-state index contributed by atoms with van der Waals surface area (Å²) < 4.78 is 42.1. The lowest BCUT2D eigenvalue weighted by molar-refractivity contribution is -0.141. The number of methoxy groups -OCH3 is 1. The van der Waals surface area contributed by atoms with E-state index in [0.29, 0.717) is 0 Å². The van der Waals surface area contributed by atoms with Crippen molar-refractivity contribution in [2.75, 3.05) is 19.0 Å². The first-order valence-electron chi connectivity index (χ1n) is 5.35. The Morgan fingerprint density at radius 2 is 2.21 bits per heavy atom. The first-order chi connectivity index (χ1) is 8.82. The van der Waals surface area contributed by atoms with E-state index in [-0.39, 0.29) is 18.8 Å². The van der Waals surface area contributed by atoms with Crippen LogP contribution < -0.4 is 5.32 Å². The first-order valence-corrected chi connectivity index (χ1v) is 5.35. The average Bonchev–Trinajstić information content (AvgIpc) is 2.33. The minimum atomic E-state index is -4.51. The molecule has 1 heterocycles. The van der Waals surface area contributed by atoms with Gasteiger partial charge in [-0.1, -0.05) is 6.07 Å². The number of pyridine rings is 1. The molecule has 0 bridgehead atoms. The maximum Gasteiger partial charge on any atom is 0.433 e. The van der Waals surface area contributed by atoms with Gasteiger partial charge in [-0.2, -0.15) is 13.2 Å². The molecule has 0 radical (unpaired) electrons. The van der Waals surface area contributed by atoms with Crippen LogP contribution in [0.5, 0.6) is 0 Å². The number of ether oxygens (including phenoxy) is 1. The number of halogens is 3. The van der Waals surface area contributed by atoms with Gasteiger partial charge in [0.25, 0.3) is 0 Å². The summed E-state index contributed by atoms with van der Waals surface area (Å²) in [7, 11) is 1.33. The van der Waals surface area contributed by atoms with Gasteiger partial charge in [-0.25, -0.2) is 4.98 Å². The molecule has 106 valence electrons. The summed E-state index contributed by atoms with van der Waals surface area (Å²) in [4.78, 5) is 13.9. The monoisotopic (exact) mass is 278 g/mol. The van der Waals surface area contributed by atoms with Crippen molar-refractivity contribution in [3.8, 4) is 0 Å². The molecule has 1 rings (SSSR count). The number of anilines is 1. The van der Waals surface area contributed by atoms with E-state index < -0.39 is 23.9 Å². The topological polar surface area (TPSA) is 71.5 Å². The van der Waals surface area contributed by atoms with Crippen molar-refractivity contribution in [2.24, 2.45) is 0 Å². The predicted octanol–water partition coefficient (Wildman–Crippen LogP) is 2.00. The zero-order valence-electron chi connectivity index (χ0n) is 10.1. The Labute approximate surface area is 107 Å². The van der Waals surface area contributed by atoms with Crippen LogP contribution in [0.1, 0.15) is 12.1 Å². The summed E-state index contributed by atoms with van der Waals surface area (Å²) in [6, 6.07) is 3.44. The van der Waals surface area contributed by atoms with Crippen LogP contribution >= 0.6 is 0 Å². The van der Waals surface area contributed by atoms with Crippen molar-refractivity contribution in [3.05, 3.63) is 23.9 Å². The molecular formula is C11H13F3N2O3. The van der Waals surface area contributed by atoms with Crippen molar-refractivity contribution in [2.45, 2.75) is 18.7 Å². The number of carboxylic acid groups (broad SMARTS) is 1. The van der Waals surface area contributed by atoms with Crippen LogP contribution in [0.15, 0.2) is 18.2 Å². The Balaban J connectivity index is 2.65. The molecule has 0 spiro atoms. The Morgan fingerprint density at radius 3 is 2.74 bits per heavy atom. The van der Waals surface area contributed by atoms with Gasteiger partial charge >= 0.3 is 12.1 Å². The van der Waals surface area contributed by atoms with Crippen LogP contribution in [0.25, 0.3) is 0 Å². The molecule has 0 saturated carbocycles. The fourth-order valence-corrected chi connectivity index (χ4v) is 1.34. The molecule has 2 N–H and O–H groups in total. The van der Waals surface area contributed by atoms with Gasteiger partial charge in [0, 0.05) is 13.7 Å². The fourth-order valence-electron chi connectivity index (χ4n) is 1.34. The zero-order chi connectivity index (χ0) is 14.5. The number of nitrogens with one attached hydrogen (secondary N) is 1. The Hall–Kier alpha value is -1.83. The van der Waals surface area contributed by atoms with Crippen molar-refractivity contribution in [1.82, 2.24) is 4.98 Å². The van der Waals surface area contributed by atoms with E-state index in [9.17, 15) is 18.0 Å². The fraction of sp³-hybridized carbons (Fsp3) is 0.455. The molecule has 0 aliphatic heterocycles. The normalized spacial score (nSPS) is 13.1. The standard InChI is InChI=1S/C11H13F3N2O3/c1-19-7(5-10(17)18)6-15-9-4-2-3-8(16-9)11(12,13)14/h2-4,7H,5-6H2,1H3,(H,15,16)(H,17,18). The number of rotatable bonds is 6. The van der Waals surface area contributed by atoms with Crippen molar-refractivity contribution >= 4 is 11.8 Å². The van der Waals surface area contributed by atoms with E-state index in [1.807, 2.05) is 0 Å². The highest BCUT2D eigenvalue weighted by atomic mass is 19.4. The SMILES string of the molecule is COC(CNc1cccc(C(F)(F)F)n1)CC(=O)O. The molecule has 19 heavy (non-hydrogen) atoms. The Kier molecular flexibility index (Phi) is 5.11. The number of carboxylic acids is 1. The number of hydrogen-bond donors (Lipinski definition) is 2. The largest absolute Gasteiger partial charge is 0.481 e. The van der Waals surface area contributed by atoms with Gasteiger partial charge in [0.1, 0.15) is 11.5 Å². The van der Waals surface area contributed by atoms with E-state index in [4.69, 9.17) is 9.84 Å². The van der Waals surface area contributed by atoms with E-state index >= 15 is 0 Å². The third kappa shape index (κ3) is 5.12. The van der Waals surface area contributed by atoms with Crippen LogP contribution in [-0.4, -0.2) is 35.8 Å². The summed E-state index contributed by atoms with van der Waals surface area (Å²) in [5.41, 5.74) is -1.01. The van der Waals surface area contributed by atoms with E-state index in [2.05, 4.69) is 10.3 Å². The minimum absolute atomic E-state index is 0.0160. The van der Waals surface area contributed by atoms with Crippen LogP contribution in [0.3, 0.4) is 0 Å². The number of aliphatic carboxylic acids is 1. The quantitative estimate of drug-likeness (QED) is 0.832. The number of carbonyl (C=O) groups is 1. The summed E-state index contributed by atoms with van der Waals surface area (Å²) >= 11 is 0. The average molecular weight is 278 g/mol. The molecule has 1 atom stereocenters. The number of nitrogens with zero attached hydrogens (tertiary/aromatic N) is 1. The Bertz CT molecular complexity index is 437. The molecule has 5 nitrogen and oxygen atoms in total. The van der Waals surface area contributed by atoms with E-state index in [1.54, 1.807) is 0 Å². The molecule has 8 heteroatoms. The Morgan fingerprint density at radius 1 is 1.53 bits per heavy atom. The van der Waals surface area contributed by atoms with Crippen molar-refractivity contribution in [3.63, 3.8) is 0 Å². The molecule has 1 aromatic rings. The highest BCUT2D eigenvalue weighted by Gasteiger charge is 2.32. The van der Waals surface area contributed by atoms with Gasteiger partial charge in [-0.15, -0.1) is 0 Å². The predicted molar refractivity (Wildman–Crippen MR) is 60.8 cm³/mol. The second kappa shape index (κ2) is 6.37. The molecule has 0 fully saturated rings. The third-order valence-corrected chi connectivity index (χ3v) is 2.29. The summed E-state index contributed by atoms with van der Waals surface area (Å²) in [5, 5.41) is 11.2. The summed E-state index contributed by atoms with van der Waals surface area (Å²) in [6.45, 7) is 0.0527. The van der Waals surface area contributed by atoms with Crippen LogP contribution in [0.2, 0.25) is 0 Å². The lowest BCUT2D eigenvalue weighted by atomic mass is 10.2. The van der Waals surface area contributed by atoms with Gasteiger partial charge in [0.2, 0.25) is 0 Å². The highest BCUT2D eigenvalue weighted by molar-refractivity contribution is 5.67. The maximum atomic E-state index is 12.4. The van der Waals surface area contributed by atoms with E-state index in [0.717, 1.165) is 6.07 Å². The molecule has 0 aromatic carbocycles. The summed E-state index contributed by atoms with van der Waals surface area (Å²) in [6.07, 6.45) is -5.41. The smallest absolute Gasteiger partial charge is 0.433 e. The van der Waals surface area contributed by atoms with Crippen molar-refractivity contribution < 1.29 is 27.8 Å². The van der Waals surface area contributed by atoms with E-state index in [1.165, 1.54) is 19.2 Å². The highest BCUT2D eigenvalue weighted by Crippen LogP contribution is 2.28. The lowest BCUT2D eigenvalue weighted by Gasteiger charge is -2.15. The van der Waals surface area contributed by atoms with Gasteiger partial charge in [0.15, 0.2) is 0 Å². The minimum Gasteiger partial charge on any atom is -0.481 e. The second-order valence-electron chi connectivity index (χ2n) is 3.74. The molecule has 0 amide bonds. The molecule has 1 aromatic heterocycles. The van der Waals surface area contributed by atoms with Gasteiger partial charge < -0.3 is 15.2 Å². The lowest BCUT2D eigenvalue weighted by Crippen LogP contribution is -2.25. The van der Waals surface area contributed by atoms with Gasteiger partial charge in [0.05, 0.1) is 12.5 Å². The van der Waals surface area contributed by atoms with Gasteiger partial charge in [-0.05, 0) is 12.1 Å². The summed E-state index contributed by atoms with van der Waals surface area (Å²) in [5.74, 6) is -1.03. The molecule has 0 saturated heterocycles. The number of hydrogen-bond acceptors (Lipinski definition) is 4. The van der Waals surface area contributed by atoms with Crippen LogP contribution in [-0.2, 0) is 15.7 Å².